The highest BCUT2D eigenvalue weighted by Crippen LogP contribution is 2.33. The van der Waals surface area contributed by atoms with Gasteiger partial charge >= 0.3 is 0 Å². The van der Waals surface area contributed by atoms with E-state index in [0.29, 0.717) is 11.4 Å². The van der Waals surface area contributed by atoms with Gasteiger partial charge in [-0.15, -0.1) is 0 Å². The van der Waals surface area contributed by atoms with E-state index in [1.54, 1.807) is 31.3 Å². The molecule has 0 saturated heterocycles. The van der Waals surface area contributed by atoms with Gasteiger partial charge in [0.2, 0.25) is 5.91 Å². The average Bonchev–Trinajstić information content (AvgIpc) is 2.59. The maximum absolute atomic E-state index is 12.2. The molecule has 27 heavy (non-hydrogen) atoms. The van der Waals surface area contributed by atoms with Gasteiger partial charge in [-0.05, 0) is 47.9 Å². The molecule has 2 aromatic rings. The number of ether oxygens (including phenoxy) is 1. The molecule has 0 fully saturated rings. The van der Waals surface area contributed by atoms with Crippen molar-refractivity contribution < 1.29 is 14.3 Å². The first-order valence-corrected chi connectivity index (χ1v) is 9.44. The van der Waals surface area contributed by atoms with Crippen molar-refractivity contribution in [3.8, 4) is 5.75 Å². The standard InChI is InChI=1S/C21H25BrN2O3/c1-14(25)24(5)17-9-7-16(8-10-17)23-20(26)13-27-19-11-6-15(22)12-18(19)21(2,3)4/h6-12H,13H2,1-5H3,(H,23,26). The number of carbonyl (C=O) groups excluding carboxylic acids is 2. The summed E-state index contributed by atoms with van der Waals surface area (Å²) in [5.41, 5.74) is 2.34. The normalized spacial score (nSPS) is 11.0. The van der Waals surface area contributed by atoms with Gasteiger partial charge in [0.25, 0.3) is 5.91 Å². The first kappa shape index (κ1) is 21.0. The number of hydrogen-bond donors (Lipinski definition) is 1. The molecule has 0 heterocycles. The number of rotatable bonds is 5. The molecule has 0 saturated carbocycles. The van der Waals surface area contributed by atoms with E-state index >= 15 is 0 Å². The molecule has 0 aliphatic carbocycles. The minimum atomic E-state index is -0.245. The highest BCUT2D eigenvalue weighted by Gasteiger charge is 2.20. The Hall–Kier alpha value is -2.34. The van der Waals surface area contributed by atoms with Crippen LogP contribution >= 0.6 is 15.9 Å². The fraction of sp³-hybridized carbons (Fsp3) is 0.333. The predicted octanol–water partition coefficient (Wildman–Crippen LogP) is 4.75. The molecule has 2 amide bonds. The van der Waals surface area contributed by atoms with Gasteiger partial charge in [0.15, 0.2) is 6.61 Å². The lowest BCUT2D eigenvalue weighted by Crippen LogP contribution is -2.23. The SMILES string of the molecule is CC(=O)N(C)c1ccc(NC(=O)COc2ccc(Br)cc2C(C)(C)C)cc1. The number of hydrogen-bond acceptors (Lipinski definition) is 3. The number of benzene rings is 2. The lowest BCUT2D eigenvalue weighted by atomic mass is 9.86. The van der Waals surface area contributed by atoms with Crippen molar-refractivity contribution in [3.05, 3.63) is 52.5 Å². The Balaban J connectivity index is 2.00. The van der Waals surface area contributed by atoms with Gasteiger partial charge in [0.05, 0.1) is 0 Å². The molecule has 0 aliphatic rings. The molecular weight excluding hydrogens is 408 g/mol. The van der Waals surface area contributed by atoms with Crippen molar-refractivity contribution in [3.63, 3.8) is 0 Å². The molecule has 0 atom stereocenters. The van der Waals surface area contributed by atoms with Crippen LogP contribution < -0.4 is 15.0 Å². The number of nitrogens with zero attached hydrogens (tertiary/aromatic N) is 1. The quantitative estimate of drug-likeness (QED) is 0.741. The zero-order valence-electron chi connectivity index (χ0n) is 16.3. The zero-order chi connectivity index (χ0) is 20.2. The first-order chi connectivity index (χ1) is 12.6. The largest absolute Gasteiger partial charge is 0.483 e. The highest BCUT2D eigenvalue weighted by atomic mass is 79.9. The van der Waals surface area contributed by atoms with Gasteiger partial charge < -0.3 is 15.0 Å². The van der Waals surface area contributed by atoms with Crippen molar-refractivity contribution in [1.29, 1.82) is 0 Å². The molecule has 1 N–H and O–H groups in total. The summed E-state index contributed by atoms with van der Waals surface area (Å²) in [4.78, 5) is 25.2. The number of anilines is 2. The second kappa shape index (κ2) is 8.57. The molecule has 144 valence electrons. The Kier molecular flexibility index (Phi) is 6.65. The molecule has 0 aromatic heterocycles. The van der Waals surface area contributed by atoms with Crippen LogP contribution in [-0.2, 0) is 15.0 Å². The molecule has 0 bridgehead atoms. The van der Waals surface area contributed by atoms with Gasteiger partial charge in [-0.3, -0.25) is 9.59 Å². The summed E-state index contributed by atoms with van der Waals surface area (Å²) in [6.07, 6.45) is 0. The van der Waals surface area contributed by atoms with Gasteiger partial charge in [-0.2, -0.15) is 0 Å². The van der Waals surface area contributed by atoms with E-state index in [1.807, 2.05) is 18.2 Å². The summed E-state index contributed by atoms with van der Waals surface area (Å²) < 4.78 is 6.73. The van der Waals surface area contributed by atoms with Crippen LogP contribution in [0.4, 0.5) is 11.4 Å². The summed E-state index contributed by atoms with van der Waals surface area (Å²) in [6, 6.07) is 12.9. The molecule has 0 aliphatic heterocycles. The third kappa shape index (κ3) is 5.82. The van der Waals surface area contributed by atoms with E-state index in [1.165, 1.54) is 11.8 Å². The van der Waals surface area contributed by atoms with Gasteiger partial charge in [0, 0.05) is 35.4 Å². The summed E-state index contributed by atoms with van der Waals surface area (Å²) >= 11 is 3.48. The maximum atomic E-state index is 12.2. The summed E-state index contributed by atoms with van der Waals surface area (Å²) in [6.45, 7) is 7.71. The van der Waals surface area contributed by atoms with Crippen LogP contribution in [0.5, 0.6) is 5.75 Å². The monoisotopic (exact) mass is 432 g/mol. The molecule has 0 spiro atoms. The molecule has 5 nitrogen and oxygen atoms in total. The van der Waals surface area contributed by atoms with E-state index in [4.69, 9.17) is 4.74 Å². The zero-order valence-corrected chi connectivity index (χ0v) is 17.9. The molecule has 2 rings (SSSR count). The van der Waals surface area contributed by atoms with E-state index in [9.17, 15) is 9.59 Å². The van der Waals surface area contributed by atoms with Crippen LogP contribution in [0.3, 0.4) is 0 Å². The fourth-order valence-electron chi connectivity index (χ4n) is 2.50. The van der Waals surface area contributed by atoms with E-state index in [2.05, 4.69) is 42.0 Å². The smallest absolute Gasteiger partial charge is 0.262 e. The highest BCUT2D eigenvalue weighted by molar-refractivity contribution is 9.10. The number of halogens is 1. The van der Waals surface area contributed by atoms with E-state index in [-0.39, 0.29) is 23.8 Å². The van der Waals surface area contributed by atoms with Crippen molar-refractivity contribution in [2.45, 2.75) is 33.1 Å². The maximum Gasteiger partial charge on any atom is 0.262 e. The van der Waals surface area contributed by atoms with Crippen LogP contribution in [-0.4, -0.2) is 25.5 Å². The number of amides is 2. The third-order valence-corrected chi connectivity index (χ3v) is 4.61. The van der Waals surface area contributed by atoms with Crippen molar-refractivity contribution in [2.75, 3.05) is 23.9 Å². The lowest BCUT2D eigenvalue weighted by Gasteiger charge is -2.23. The van der Waals surface area contributed by atoms with E-state index < -0.39 is 0 Å². The number of carbonyl (C=O) groups is 2. The number of nitrogens with one attached hydrogen (secondary N) is 1. The van der Waals surface area contributed by atoms with Crippen molar-refractivity contribution in [1.82, 2.24) is 0 Å². The van der Waals surface area contributed by atoms with Crippen molar-refractivity contribution in [2.24, 2.45) is 0 Å². The molecule has 0 unspecified atom stereocenters. The third-order valence-electron chi connectivity index (χ3n) is 4.12. The van der Waals surface area contributed by atoms with Crippen molar-refractivity contribution >= 4 is 39.1 Å². The Labute approximate surface area is 168 Å². The second-order valence-electron chi connectivity index (χ2n) is 7.35. The van der Waals surface area contributed by atoms with Crippen LogP contribution in [0.25, 0.3) is 0 Å². The summed E-state index contributed by atoms with van der Waals surface area (Å²) in [5.74, 6) is 0.397. The minimum absolute atomic E-state index is 0.0515. The topological polar surface area (TPSA) is 58.6 Å². The first-order valence-electron chi connectivity index (χ1n) is 8.65. The average molecular weight is 433 g/mol. The Morgan fingerprint density at radius 3 is 2.30 bits per heavy atom. The van der Waals surface area contributed by atoms with Crippen LogP contribution in [0.1, 0.15) is 33.3 Å². The summed E-state index contributed by atoms with van der Waals surface area (Å²) in [7, 11) is 1.70. The second-order valence-corrected chi connectivity index (χ2v) is 8.27. The van der Waals surface area contributed by atoms with Crippen LogP contribution in [0.2, 0.25) is 0 Å². The van der Waals surface area contributed by atoms with Crippen LogP contribution in [0.15, 0.2) is 46.9 Å². The molecular formula is C21H25BrN2O3. The minimum Gasteiger partial charge on any atom is -0.483 e. The fourth-order valence-corrected chi connectivity index (χ4v) is 2.87. The van der Waals surface area contributed by atoms with Crippen LogP contribution in [0, 0.1) is 0 Å². The predicted molar refractivity (Wildman–Crippen MR) is 112 cm³/mol. The molecule has 0 radical (unpaired) electrons. The Morgan fingerprint density at radius 1 is 1.11 bits per heavy atom. The molecule has 2 aromatic carbocycles. The van der Waals surface area contributed by atoms with E-state index in [0.717, 1.165) is 15.7 Å². The molecule has 6 heteroatoms. The van der Waals surface area contributed by atoms with Gasteiger partial charge in [0.1, 0.15) is 5.75 Å². The lowest BCUT2D eigenvalue weighted by molar-refractivity contribution is -0.118. The Morgan fingerprint density at radius 2 is 1.74 bits per heavy atom. The van der Waals surface area contributed by atoms with Gasteiger partial charge in [-0.1, -0.05) is 36.7 Å². The van der Waals surface area contributed by atoms with Gasteiger partial charge in [-0.25, -0.2) is 0 Å². The summed E-state index contributed by atoms with van der Waals surface area (Å²) in [5, 5.41) is 2.80. The Bertz CT molecular complexity index is 826.